The molecule has 16 heavy (non-hydrogen) atoms. The molecule has 0 aromatic heterocycles. The van der Waals surface area contributed by atoms with Crippen LogP contribution in [0, 0.1) is 0 Å². The van der Waals surface area contributed by atoms with Gasteiger partial charge in [0.25, 0.3) is 0 Å². The van der Waals surface area contributed by atoms with E-state index in [0.717, 1.165) is 5.56 Å². The minimum absolute atomic E-state index is 0.685. The van der Waals surface area contributed by atoms with Gasteiger partial charge in [0.05, 0.1) is 31.4 Å². The van der Waals surface area contributed by atoms with E-state index in [1.807, 2.05) is 0 Å². The lowest BCUT2D eigenvalue weighted by Crippen LogP contribution is -1.97. The summed E-state index contributed by atoms with van der Waals surface area (Å²) in [5.41, 5.74) is 0.822. The number of methoxy groups -OCH3 is 3. The van der Waals surface area contributed by atoms with Crippen LogP contribution in [0.25, 0.3) is 0 Å². The molecule has 0 fully saturated rings. The Hall–Kier alpha value is -0.980. The molecule has 0 spiro atoms. The normalized spacial score (nSPS) is 10.5. The average molecular weight is 335 g/mol. The summed E-state index contributed by atoms with van der Waals surface area (Å²) >= 11 is 2.17. The molecule has 0 N–H and O–H groups in total. The molecule has 5 heteroatoms. The molecule has 0 aliphatic rings. The van der Waals surface area contributed by atoms with Crippen LogP contribution < -0.4 is 14.2 Å². The maximum Gasteiger partial charge on any atom is 0.135 e. The lowest BCUT2D eigenvalue weighted by Gasteiger charge is -2.11. The summed E-state index contributed by atoms with van der Waals surface area (Å²) in [6, 6.07) is 3.61. The molecule has 0 saturated heterocycles. The third kappa shape index (κ3) is 3.01. The monoisotopic (exact) mass is 335 g/mol. The highest BCUT2D eigenvalue weighted by molar-refractivity contribution is 14.1. The smallest absolute Gasteiger partial charge is 0.135 e. The summed E-state index contributed by atoms with van der Waals surface area (Å²) in [7, 11) is 4.82. The minimum atomic E-state index is 0.685. The number of benzene rings is 1. The van der Waals surface area contributed by atoms with Crippen LogP contribution in [-0.2, 0) is 0 Å². The van der Waals surface area contributed by atoms with Gasteiger partial charge >= 0.3 is 0 Å². The molecule has 0 aliphatic carbocycles. The van der Waals surface area contributed by atoms with Gasteiger partial charge in [-0.25, -0.2) is 0 Å². The Labute approximate surface area is 109 Å². The highest BCUT2D eigenvalue weighted by Gasteiger charge is 2.10. The molecule has 4 nitrogen and oxygen atoms in total. The van der Waals surface area contributed by atoms with Gasteiger partial charge in [-0.1, -0.05) is 22.6 Å². The maximum absolute atomic E-state index is 5.27. The number of ether oxygens (including phenoxy) is 3. The van der Waals surface area contributed by atoms with E-state index < -0.39 is 0 Å². The van der Waals surface area contributed by atoms with Crippen molar-refractivity contribution < 1.29 is 14.2 Å². The van der Waals surface area contributed by atoms with Gasteiger partial charge < -0.3 is 14.2 Å². The summed E-state index contributed by atoms with van der Waals surface area (Å²) in [4.78, 5) is 4.18. The molecule has 1 aromatic carbocycles. The van der Waals surface area contributed by atoms with Gasteiger partial charge in [0.15, 0.2) is 0 Å². The van der Waals surface area contributed by atoms with E-state index in [-0.39, 0.29) is 0 Å². The van der Waals surface area contributed by atoms with Crippen LogP contribution in [0.2, 0.25) is 0 Å². The number of hydrogen-bond acceptors (Lipinski definition) is 4. The second-order valence-electron chi connectivity index (χ2n) is 2.88. The Bertz CT molecular complexity index is 354. The largest absolute Gasteiger partial charge is 0.496 e. The number of nitrogens with zero attached hydrogens (tertiary/aromatic N) is 1. The fourth-order valence-electron chi connectivity index (χ4n) is 1.29. The van der Waals surface area contributed by atoms with Crippen LogP contribution in [0.4, 0.5) is 0 Å². The fraction of sp³-hybridized carbons (Fsp3) is 0.364. The maximum atomic E-state index is 5.27. The molecular weight excluding hydrogens is 321 g/mol. The van der Waals surface area contributed by atoms with E-state index >= 15 is 0 Å². The van der Waals surface area contributed by atoms with Crippen LogP contribution in [0.3, 0.4) is 0 Å². The van der Waals surface area contributed by atoms with E-state index in [1.165, 1.54) is 0 Å². The third-order valence-corrected chi connectivity index (χ3v) is 2.44. The molecule has 0 saturated carbocycles. The van der Waals surface area contributed by atoms with Crippen molar-refractivity contribution in [2.75, 3.05) is 25.9 Å². The van der Waals surface area contributed by atoms with Crippen molar-refractivity contribution in [1.82, 2.24) is 0 Å². The number of hydrogen-bond donors (Lipinski definition) is 0. The van der Waals surface area contributed by atoms with Crippen molar-refractivity contribution in [2.24, 2.45) is 4.99 Å². The van der Waals surface area contributed by atoms with Crippen LogP contribution in [0.5, 0.6) is 17.2 Å². The summed E-state index contributed by atoms with van der Waals surface area (Å²) in [5.74, 6) is 2.06. The number of alkyl halides is 1. The van der Waals surface area contributed by atoms with Gasteiger partial charge in [-0.15, -0.1) is 0 Å². The van der Waals surface area contributed by atoms with Crippen LogP contribution >= 0.6 is 22.6 Å². The van der Waals surface area contributed by atoms with Crippen LogP contribution in [-0.4, -0.2) is 32.1 Å². The average Bonchev–Trinajstić information content (AvgIpc) is 2.35. The molecule has 0 amide bonds. The zero-order chi connectivity index (χ0) is 12.0. The van der Waals surface area contributed by atoms with Crippen molar-refractivity contribution in [3.63, 3.8) is 0 Å². The van der Waals surface area contributed by atoms with Gasteiger partial charge in [-0.3, -0.25) is 4.99 Å². The summed E-state index contributed by atoms with van der Waals surface area (Å²) in [6.45, 7) is 0. The second-order valence-corrected chi connectivity index (χ2v) is 3.56. The highest BCUT2D eigenvalue weighted by atomic mass is 127. The topological polar surface area (TPSA) is 40.0 Å². The quantitative estimate of drug-likeness (QED) is 0.359. The van der Waals surface area contributed by atoms with E-state index in [2.05, 4.69) is 27.6 Å². The van der Waals surface area contributed by atoms with E-state index in [0.29, 0.717) is 21.8 Å². The molecule has 0 bridgehead atoms. The molecule has 1 rings (SSSR count). The van der Waals surface area contributed by atoms with Crippen molar-refractivity contribution >= 4 is 28.8 Å². The Balaban J connectivity index is 3.25. The SMILES string of the molecule is COc1cc(OC)c(C=NCI)c(OC)c1. The Morgan fingerprint density at radius 3 is 2.06 bits per heavy atom. The van der Waals surface area contributed by atoms with Crippen molar-refractivity contribution in [2.45, 2.75) is 0 Å². The standard InChI is InChI=1S/C11H14INO3/c1-14-8-4-10(15-2)9(6-13-7-12)11(5-8)16-3/h4-6H,7H2,1-3H3. The van der Waals surface area contributed by atoms with Gasteiger partial charge in [0.2, 0.25) is 0 Å². The zero-order valence-electron chi connectivity index (χ0n) is 9.49. The highest BCUT2D eigenvalue weighted by Crippen LogP contribution is 2.32. The first-order valence-corrected chi connectivity index (χ1v) is 6.15. The molecule has 1 aromatic rings. The Kier molecular flexibility index (Phi) is 5.37. The lowest BCUT2D eigenvalue weighted by molar-refractivity contribution is 0.374. The zero-order valence-corrected chi connectivity index (χ0v) is 11.6. The fourth-order valence-corrected chi connectivity index (χ4v) is 1.48. The molecular formula is C11H14INO3. The third-order valence-electron chi connectivity index (χ3n) is 2.04. The molecule has 0 aliphatic heterocycles. The summed E-state index contributed by atoms with van der Waals surface area (Å²) in [5, 5.41) is 0. The lowest BCUT2D eigenvalue weighted by atomic mass is 10.2. The second kappa shape index (κ2) is 6.57. The Morgan fingerprint density at radius 2 is 1.69 bits per heavy atom. The first-order valence-electron chi connectivity index (χ1n) is 4.62. The van der Waals surface area contributed by atoms with Crippen LogP contribution in [0.1, 0.15) is 5.56 Å². The van der Waals surface area contributed by atoms with Crippen molar-refractivity contribution in [1.29, 1.82) is 0 Å². The van der Waals surface area contributed by atoms with Gasteiger partial charge in [0, 0.05) is 18.3 Å². The number of aliphatic imine (C=N–C) groups is 1. The summed E-state index contributed by atoms with van der Waals surface area (Å²) < 4.78 is 16.4. The van der Waals surface area contributed by atoms with Crippen LogP contribution in [0.15, 0.2) is 17.1 Å². The molecule has 88 valence electrons. The minimum Gasteiger partial charge on any atom is -0.496 e. The van der Waals surface area contributed by atoms with Gasteiger partial charge in [-0.2, -0.15) is 0 Å². The van der Waals surface area contributed by atoms with Gasteiger partial charge in [-0.05, 0) is 0 Å². The molecule has 0 unspecified atom stereocenters. The number of halogens is 1. The predicted molar refractivity (Wildman–Crippen MR) is 72.6 cm³/mol. The number of rotatable bonds is 5. The first-order chi connectivity index (χ1) is 7.76. The van der Waals surface area contributed by atoms with E-state index in [4.69, 9.17) is 14.2 Å². The predicted octanol–water partition coefficient (Wildman–Crippen LogP) is 2.52. The van der Waals surface area contributed by atoms with E-state index in [9.17, 15) is 0 Å². The first kappa shape index (κ1) is 13.1. The van der Waals surface area contributed by atoms with Gasteiger partial charge in [0.1, 0.15) is 17.2 Å². The molecule has 0 heterocycles. The molecule has 0 radical (unpaired) electrons. The molecule has 0 atom stereocenters. The summed E-state index contributed by atoms with van der Waals surface area (Å²) in [6.07, 6.45) is 1.74. The van der Waals surface area contributed by atoms with Crippen molar-refractivity contribution in [3.8, 4) is 17.2 Å². The van der Waals surface area contributed by atoms with Crippen molar-refractivity contribution in [3.05, 3.63) is 17.7 Å². The Morgan fingerprint density at radius 1 is 1.12 bits per heavy atom. The van der Waals surface area contributed by atoms with E-state index in [1.54, 1.807) is 39.7 Å².